The van der Waals surface area contributed by atoms with Crippen molar-refractivity contribution in [2.45, 2.75) is 0 Å². The highest BCUT2D eigenvalue weighted by Gasteiger charge is 2.22. The first-order valence-electron chi connectivity index (χ1n) is 6.06. The second kappa shape index (κ2) is 4.68. The van der Waals surface area contributed by atoms with E-state index in [-0.39, 0.29) is 5.97 Å². The first-order valence-corrected chi connectivity index (χ1v) is 6.06. The van der Waals surface area contributed by atoms with E-state index < -0.39 is 0 Å². The number of hydrogen-bond donors (Lipinski definition) is 0. The number of cyclic esters (lactones) is 1. The fourth-order valence-corrected chi connectivity index (χ4v) is 1.99. The third kappa shape index (κ3) is 2.14. The number of nitrogens with zero attached hydrogens (tertiary/aromatic N) is 3. The lowest BCUT2D eigenvalue weighted by molar-refractivity contribution is 0.0526. The molecule has 0 unspecified atom stereocenters. The van der Waals surface area contributed by atoms with Crippen LogP contribution in [0.4, 0.5) is 5.82 Å². The Morgan fingerprint density at radius 2 is 2.05 bits per heavy atom. The van der Waals surface area contributed by atoms with E-state index in [2.05, 4.69) is 9.97 Å². The Kier molecular flexibility index (Phi) is 2.87. The van der Waals surface area contributed by atoms with Gasteiger partial charge in [-0.2, -0.15) is 0 Å². The molecule has 0 saturated heterocycles. The monoisotopic (exact) mass is 255 g/mol. The van der Waals surface area contributed by atoms with Gasteiger partial charge in [-0.25, -0.2) is 14.8 Å². The van der Waals surface area contributed by atoms with E-state index in [1.165, 1.54) is 6.20 Å². The Bertz CT molecular complexity index is 613. The second-order valence-corrected chi connectivity index (χ2v) is 4.35. The van der Waals surface area contributed by atoms with Gasteiger partial charge in [0.2, 0.25) is 0 Å². The average Bonchev–Trinajstić information content (AvgIpc) is 2.60. The largest absolute Gasteiger partial charge is 0.460 e. The molecule has 2 heterocycles. The first kappa shape index (κ1) is 11.6. The molecule has 0 bridgehead atoms. The van der Waals surface area contributed by atoms with Crippen LogP contribution in [-0.4, -0.2) is 36.1 Å². The number of benzene rings is 1. The lowest BCUT2D eigenvalue weighted by Gasteiger charge is -2.16. The molecule has 0 N–H and O–H groups in total. The van der Waals surface area contributed by atoms with Gasteiger partial charge in [-0.1, -0.05) is 30.3 Å². The van der Waals surface area contributed by atoms with Crippen molar-refractivity contribution in [3.05, 3.63) is 42.1 Å². The summed E-state index contributed by atoms with van der Waals surface area (Å²) in [6.45, 7) is 0.996. The maximum atomic E-state index is 11.8. The van der Waals surface area contributed by atoms with Gasteiger partial charge in [-0.05, 0) is 0 Å². The highest BCUT2D eigenvalue weighted by Crippen LogP contribution is 2.23. The van der Waals surface area contributed by atoms with Crippen molar-refractivity contribution in [2.75, 3.05) is 25.1 Å². The maximum Gasteiger partial charge on any atom is 0.343 e. The number of esters is 1. The quantitative estimate of drug-likeness (QED) is 0.727. The summed E-state index contributed by atoms with van der Waals surface area (Å²) in [7, 11) is 1.89. The molecule has 1 aliphatic rings. The summed E-state index contributed by atoms with van der Waals surface area (Å²) in [4.78, 5) is 22.4. The number of anilines is 1. The van der Waals surface area contributed by atoms with Crippen LogP contribution in [0, 0.1) is 0 Å². The molecule has 0 amide bonds. The van der Waals surface area contributed by atoms with E-state index >= 15 is 0 Å². The van der Waals surface area contributed by atoms with Crippen LogP contribution in [0.1, 0.15) is 10.4 Å². The van der Waals surface area contributed by atoms with Crippen LogP contribution in [0.2, 0.25) is 0 Å². The van der Waals surface area contributed by atoms with Gasteiger partial charge in [-0.15, -0.1) is 0 Å². The lowest BCUT2D eigenvalue weighted by atomic mass is 10.2. The molecule has 1 aliphatic heterocycles. The van der Waals surface area contributed by atoms with E-state index in [1.54, 1.807) is 0 Å². The molecule has 5 nitrogen and oxygen atoms in total. The number of hydrogen-bond acceptors (Lipinski definition) is 5. The van der Waals surface area contributed by atoms with Gasteiger partial charge in [0, 0.05) is 18.8 Å². The third-order valence-corrected chi connectivity index (χ3v) is 3.04. The highest BCUT2D eigenvalue weighted by molar-refractivity contribution is 5.95. The molecule has 96 valence electrons. The number of aromatic nitrogens is 2. The number of fused-ring (bicyclic) bond motifs is 1. The minimum absolute atomic E-state index is 0.362. The SMILES string of the molecule is CN1CCOC(=O)c2cnc(-c3ccccc3)nc21. The number of ether oxygens (including phenoxy) is 1. The summed E-state index contributed by atoms with van der Waals surface area (Å²) < 4.78 is 5.08. The minimum atomic E-state index is -0.362. The third-order valence-electron chi connectivity index (χ3n) is 3.04. The molecule has 5 heteroatoms. The van der Waals surface area contributed by atoms with Crippen LogP contribution in [-0.2, 0) is 4.74 Å². The van der Waals surface area contributed by atoms with Gasteiger partial charge < -0.3 is 9.64 Å². The molecule has 1 aromatic carbocycles. The summed E-state index contributed by atoms with van der Waals surface area (Å²) in [6, 6.07) is 9.69. The van der Waals surface area contributed by atoms with Crippen molar-refractivity contribution in [3.63, 3.8) is 0 Å². The number of carbonyl (C=O) groups is 1. The van der Waals surface area contributed by atoms with Crippen molar-refractivity contribution >= 4 is 11.8 Å². The standard InChI is InChI=1S/C14H13N3O2/c1-17-7-8-19-14(18)11-9-15-12(16-13(11)17)10-5-3-2-4-6-10/h2-6,9H,7-8H2,1H3. The van der Waals surface area contributed by atoms with Gasteiger partial charge in [0.25, 0.3) is 0 Å². The van der Waals surface area contributed by atoms with Gasteiger partial charge in [0.05, 0.1) is 6.54 Å². The zero-order valence-corrected chi connectivity index (χ0v) is 10.5. The van der Waals surface area contributed by atoms with Crippen LogP contribution in [0.15, 0.2) is 36.5 Å². The van der Waals surface area contributed by atoms with E-state index in [9.17, 15) is 4.79 Å². The zero-order chi connectivity index (χ0) is 13.2. The number of rotatable bonds is 1. The van der Waals surface area contributed by atoms with E-state index in [4.69, 9.17) is 4.74 Å². The highest BCUT2D eigenvalue weighted by atomic mass is 16.5. The Hall–Kier alpha value is -2.43. The molecular weight excluding hydrogens is 242 g/mol. The fourth-order valence-electron chi connectivity index (χ4n) is 1.99. The van der Waals surface area contributed by atoms with Gasteiger partial charge in [0.15, 0.2) is 5.82 Å². The van der Waals surface area contributed by atoms with Crippen molar-refractivity contribution in [1.29, 1.82) is 0 Å². The molecule has 0 atom stereocenters. The first-order chi connectivity index (χ1) is 9.25. The molecule has 0 spiro atoms. The molecule has 0 aliphatic carbocycles. The Morgan fingerprint density at radius 3 is 2.84 bits per heavy atom. The molecular formula is C14H13N3O2. The minimum Gasteiger partial charge on any atom is -0.460 e. The molecule has 1 aromatic heterocycles. The Morgan fingerprint density at radius 1 is 1.26 bits per heavy atom. The Balaban J connectivity index is 2.10. The van der Waals surface area contributed by atoms with Crippen LogP contribution in [0.5, 0.6) is 0 Å². The van der Waals surface area contributed by atoms with Crippen molar-refractivity contribution in [3.8, 4) is 11.4 Å². The summed E-state index contributed by atoms with van der Waals surface area (Å²) >= 11 is 0. The predicted molar refractivity (Wildman–Crippen MR) is 71.0 cm³/mol. The van der Waals surface area contributed by atoms with Gasteiger partial charge in [0.1, 0.15) is 18.0 Å². The molecule has 0 saturated carbocycles. The lowest BCUT2D eigenvalue weighted by Crippen LogP contribution is -2.21. The molecule has 19 heavy (non-hydrogen) atoms. The smallest absolute Gasteiger partial charge is 0.343 e. The summed E-state index contributed by atoms with van der Waals surface area (Å²) in [6.07, 6.45) is 1.54. The van der Waals surface area contributed by atoms with E-state index in [0.717, 1.165) is 5.56 Å². The van der Waals surface area contributed by atoms with Gasteiger partial charge >= 0.3 is 5.97 Å². The van der Waals surface area contributed by atoms with Crippen LogP contribution < -0.4 is 4.90 Å². The maximum absolute atomic E-state index is 11.8. The summed E-state index contributed by atoms with van der Waals surface area (Å²) in [5.74, 6) is 0.871. The van der Waals surface area contributed by atoms with Crippen LogP contribution in [0.3, 0.4) is 0 Å². The predicted octanol–water partition coefficient (Wildman–Crippen LogP) is 1.75. The number of likely N-dealkylation sites (N-methyl/N-ethyl adjacent to an activating group) is 1. The van der Waals surface area contributed by atoms with Crippen molar-refractivity contribution in [1.82, 2.24) is 9.97 Å². The summed E-state index contributed by atoms with van der Waals surface area (Å²) in [5.41, 5.74) is 1.34. The van der Waals surface area contributed by atoms with Crippen molar-refractivity contribution < 1.29 is 9.53 Å². The molecule has 0 radical (unpaired) electrons. The van der Waals surface area contributed by atoms with Crippen molar-refractivity contribution in [2.24, 2.45) is 0 Å². The normalized spacial score (nSPS) is 14.6. The van der Waals surface area contributed by atoms with E-state index in [0.29, 0.717) is 30.4 Å². The second-order valence-electron chi connectivity index (χ2n) is 4.35. The van der Waals surface area contributed by atoms with Crippen LogP contribution in [0.25, 0.3) is 11.4 Å². The molecule has 3 rings (SSSR count). The number of carbonyl (C=O) groups excluding carboxylic acids is 1. The van der Waals surface area contributed by atoms with Gasteiger partial charge in [-0.3, -0.25) is 0 Å². The summed E-state index contributed by atoms with van der Waals surface area (Å²) in [5, 5.41) is 0. The topological polar surface area (TPSA) is 55.3 Å². The molecule has 0 fully saturated rings. The Labute approximate surface area is 110 Å². The average molecular weight is 255 g/mol. The van der Waals surface area contributed by atoms with Crippen LogP contribution >= 0.6 is 0 Å². The zero-order valence-electron chi connectivity index (χ0n) is 10.5. The van der Waals surface area contributed by atoms with E-state index in [1.807, 2.05) is 42.3 Å². The fraction of sp³-hybridized carbons (Fsp3) is 0.214. The molecule has 2 aromatic rings.